The summed E-state index contributed by atoms with van der Waals surface area (Å²) in [6, 6.07) is 5.73. The molecule has 0 bridgehead atoms. The van der Waals surface area contributed by atoms with E-state index in [0.29, 0.717) is 0 Å². The Labute approximate surface area is 104 Å². The standard InChI is InChI=1S/C11H12ClN3S/c1-8-5-11(15(2)14-8)16-7-10-6-9(12)3-4-13-10/h3-6H,7H2,1-2H3. The van der Waals surface area contributed by atoms with Gasteiger partial charge in [0.1, 0.15) is 0 Å². The number of nitrogens with zero attached hydrogens (tertiary/aromatic N) is 3. The molecule has 0 radical (unpaired) electrons. The number of rotatable bonds is 3. The van der Waals surface area contributed by atoms with Gasteiger partial charge in [-0.2, -0.15) is 5.10 Å². The van der Waals surface area contributed by atoms with E-state index in [0.717, 1.165) is 27.2 Å². The van der Waals surface area contributed by atoms with E-state index >= 15 is 0 Å². The van der Waals surface area contributed by atoms with Gasteiger partial charge in [0.15, 0.2) is 0 Å². The summed E-state index contributed by atoms with van der Waals surface area (Å²) in [5.74, 6) is 0.805. The molecule has 0 aliphatic carbocycles. The Kier molecular flexibility index (Phi) is 3.51. The first-order valence-corrected chi connectivity index (χ1v) is 6.25. The third-order valence-electron chi connectivity index (χ3n) is 2.11. The molecule has 0 N–H and O–H groups in total. The van der Waals surface area contributed by atoms with Crippen LogP contribution >= 0.6 is 23.4 Å². The molecule has 0 fully saturated rings. The fourth-order valence-electron chi connectivity index (χ4n) is 1.40. The second-order valence-electron chi connectivity index (χ2n) is 3.50. The fourth-order valence-corrected chi connectivity index (χ4v) is 2.51. The SMILES string of the molecule is Cc1cc(SCc2cc(Cl)ccn2)n(C)n1. The molecule has 0 aromatic carbocycles. The highest BCUT2D eigenvalue weighted by Gasteiger charge is 2.03. The number of halogens is 1. The summed E-state index contributed by atoms with van der Waals surface area (Å²) < 4.78 is 1.88. The van der Waals surface area contributed by atoms with Crippen molar-refractivity contribution in [3.8, 4) is 0 Å². The van der Waals surface area contributed by atoms with Crippen LogP contribution in [0, 0.1) is 6.92 Å². The minimum Gasteiger partial charge on any atom is -0.262 e. The summed E-state index contributed by atoms with van der Waals surface area (Å²) in [5.41, 5.74) is 2.01. The monoisotopic (exact) mass is 253 g/mol. The van der Waals surface area contributed by atoms with Crippen molar-refractivity contribution in [3.63, 3.8) is 0 Å². The molecule has 0 unspecified atom stereocenters. The van der Waals surface area contributed by atoms with Gasteiger partial charge in [0.25, 0.3) is 0 Å². The lowest BCUT2D eigenvalue weighted by Gasteiger charge is -2.01. The Bertz CT molecular complexity index is 496. The highest BCUT2D eigenvalue weighted by atomic mass is 35.5. The maximum atomic E-state index is 5.90. The van der Waals surface area contributed by atoms with Crippen molar-refractivity contribution in [2.24, 2.45) is 7.05 Å². The number of aryl methyl sites for hydroxylation is 2. The zero-order valence-electron chi connectivity index (χ0n) is 9.14. The van der Waals surface area contributed by atoms with Crippen LogP contribution in [0.25, 0.3) is 0 Å². The molecular formula is C11H12ClN3S. The molecule has 2 aromatic heterocycles. The van der Waals surface area contributed by atoms with Crippen molar-refractivity contribution >= 4 is 23.4 Å². The van der Waals surface area contributed by atoms with Crippen molar-refractivity contribution < 1.29 is 0 Å². The van der Waals surface area contributed by atoms with Crippen LogP contribution in [-0.2, 0) is 12.8 Å². The third-order valence-corrected chi connectivity index (χ3v) is 3.46. The molecule has 0 saturated carbocycles. The molecular weight excluding hydrogens is 242 g/mol. The summed E-state index contributed by atoms with van der Waals surface area (Å²) in [4.78, 5) is 4.26. The van der Waals surface area contributed by atoms with Crippen LogP contribution in [0.3, 0.4) is 0 Å². The van der Waals surface area contributed by atoms with Crippen LogP contribution in [-0.4, -0.2) is 14.8 Å². The summed E-state index contributed by atoms with van der Waals surface area (Å²) in [6.07, 6.45) is 1.73. The molecule has 0 aliphatic heterocycles. The summed E-state index contributed by atoms with van der Waals surface area (Å²) in [6.45, 7) is 1.99. The smallest absolute Gasteiger partial charge is 0.0943 e. The second-order valence-corrected chi connectivity index (χ2v) is 4.93. The lowest BCUT2D eigenvalue weighted by molar-refractivity contribution is 0.692. The summed E-state index contributed by atoms with van der Waals surface area (Å²) in [7, 11) is 1.95. The number of aromatic nitrogens is 3. The predicted molar refractivity (Wildman–Crippen MR) is 66.8 cm³/mol. The summed E-state index contributed by atoms with van der Waals surface area (Å²) in [5, 5.41) is 6.16. The van der Waals surface area contributed by atoms with E-state index in [1.807, 2.05) is 24.7 Å². The first-order chi connectivity index (χ1) is 7.65. The van der Waals surface area contributed by atoms with Gasteiger partial charge in [-0.3, -0.25) is 9.67 Å². The van der Waals surface area contributed by atoms with Gasteiger partial charge in [0.05, 0.1) is 16.4 Å². The number of hydrogen-bond donors (Lipinski definition) is 0. The lowest BCUT2D eigenvalue weighted by Crippen LogP contribution is -1.93. The molecule has 2 heterocycles. The van der Waals surface area contributed by atoms with Gasteiger partial charge in [0.2, 0.25) is 0 Å². The Balaban J connectivity index is 2.05. The minimum absolute atomic E-state index is 0.729. The predicted octanol–water partition coefficient (Wildman–Crippen LogP) is 3.07. The Morgan fingerprint density at radius 3 is 2.88 bits per heavy atom. The van der Waals surface area contributed by atoms with E-state index in [2.05, 4.69) is 16.1 Å². The maximum Gasteiger partial charge on any atom is 0.0943 e. The van der Waals surface area contributed by atoms with E-state index in [9.17, 15) is 0 Å². The number of pyridine rings is 1. The molecule has 84 valence electrons. The molecule has 0 saturated heterocycles. The Morgan fingerprint density at radius 1 is 1.44 bits per heavy atom. The van der Waals surface area contributed by atoms with E-state index in [4.69, 9.17) is 11.6 Å². The van der Waals surface area contributed by atoms with E-state index in [1.165, 1.54) is 0 Å². The van der Waals surface area contributed by atoms with Gasteiger partial charge in [-0.05, 0) is 25.1 Å². The average molecular weight is 254 g/mol. The molecule has 0 aliphatic rings. The van der Waals surface area contributed by atoms with Gasteiger partial charge in [0, 0.05) is 24.0 Å². The number of hydrogen-bond acceptors (Lipinski definition) is 3. The highest BCUT2D eigenvalue weighted by Crippen LogP contribution is 2.22. The zero-order chi connectivity index (χ0) is 11.5. The maximum absolute atomic E-state index is 5.90. The molecule has 2 aromatic rings. The van der Waals surface area contributed by atoms with Gasteiger partial charge >= 0.3 is 0 Å². The van der Waals surface area contributed by atoms with Crippen LogP contribution in [0.4, 0.5) is 0 Å². The van der Waals surface area contributed by atoms with Gasteiger partial charge < -0.3 is 0 Å². The average Bonchev–Trinajstić information content (AvgIpc) is 2.54. The first kappa shape index (κ1) is 11.5. The quantitative estimate of drug-likeness (QED) is 0.788. The van der Waals surface area contributed by atoms with Crippen LogP contribution < -0.4 is 0 Å². The molecule has 0 spiro atoms. The zero-order valence-corrected chi connectivity index (χ0v) is 10.7. The highest BCUT2D eigenvalue weighted by molar-refractivity contribution is 7.98. The second kappa shape index (κ2) is 4.89. The van der Waals surface area contributed by atoms with Crippen molar-refractivity contribution in [3.05, 3.63) is 40.8 Å². The van der Waals surface area contributed by atoms with Gasteiger partial charge in [-0.1, -0.05) is 11.6 Å². The largest absolute Gasteiger partial charge is 0.262 e. The van der Waals surface area contributed by atoms with Gasteiger partial charge in [-0.15, -0.1) is 11.8 Å². The molecule has 3 nitrogen and oxygen atoms in total. The van der Waals surface area contributed by atoms with Crippen LogP contribution in [0.1, 0.15) is 11.4 Å². The van der Waals surface area contributed by atoms with Crippen molar-refractivity contribution in [2.75, 3.05) is 0 Å². The molecule has 0 amide bonds. The topological polar surface area (TPSA) is 30.7 Å². The van der Waals surface area contributed by atoms with Crippen molar-refractivity contribution in [2.45, 2.75) is 17.7 Å². The van der Waals surface area contributed by atoms with E-state index in [1.54, 1.807) is 24.0 Å². The molecule has 16 heavy (non-hydrogen) atoms. The van der Waals surface area contributed by atoms with E-state index < -0.39 is 0 Å². The van der Waals surface area contributed by atoms with E-state index in [-0.39, 0.29) is 0 Å². The Hall–Kier alpha value is -1.00. The lowest BCUT2D eigenvalue weighted by atomic mass is 10.4. The number of thioether (sulfide) groups is 1. The van der Waals surface area contributed by atoms with Crippen molar-refractivity contribution in [1.82, 2.24) is 14.8 Å². The summed E-state index contributed by atoms with van der Waals surface area (Å²) >= 11 is 7.60. The molecule has 0 atom stereocenters. The van der Waals surface area contributed by atoms with Crippen molar-refractivity contribution in [1.29, 1.82) is 0 Å². The van der Waals surface area contributed by atoms with Gasteiger partial charge in [-0.25, -0.2) is 0 Å². The normalized spacial score (nSPS) is 10.7. The minimum atomic E-state index is 0.729. The molecule has 5 heteroatoms. The first-order valence-electron chi connectivity index (χ1n) is 4.89. The molecule has 2 rings (SSSR count). The van der Waals surface area contributed by atoms with Crippen LogP contribution in [0.5, 0.6) is 0 Å². The van der Waals surface area contributed by atoms with Crippen LogP contribution in [0.2, 0.25) is 5.02 Å². The fraction of sp³-hybridized carbons (Fsp3) is 0.273. The third kappa shape index (κ3) is 2.77. The Morgan fingerprint density at radius 2 is 2.25 bits per heavy atom. The van der Waals surface area contributed by atoms with Crippen LogP contribution in [0.15, 0.2) is 29.4 Å².